The smallest absolute Gasteiger partial charge is 0.333 e. The molecule has 0 aromatic carbocycles. The Balaban J connectivity index is 4.72. The summed E-state index contributed by atoms with van der Waals surface area (Å²) in [6.45, 7) is 10.6. The second-order valence-corrected chi connectivity index (χ2v) is 4.33. The summed E-state index contributed by atoms with van der Waals surface area (Å²) in [4.78, 5) is 22.8. The number of unbranched alkanes of at least 4 members (excludes halogenated alkanes) is 3. The SMILES string of the molecule is C=CC(=O)OC(CC)(CCCCCC)OC(=O)C=C. The number of carbonyl (C=O) groups is 2. The second kappa shape index (κ2) is 9.36. The highest BCUT2D eigenvalue weighted by molar-refractivity contribution is 5.83. The fourth-order valence-electron chi connectivity index (χ4n) is 1.72. The lowest BCUT2D eigenvalue weighted by Gasteiger charge is -2.31. The Morgan fingerprint density at radius 1 is 1.00 bits per heavy atom. The highest BCUT2D eigenvalue weighted by atomic mass is 16.7. The first-order valence-electron chi connectivity index (χ1n) is 6.74. The number of ether oxygens (including phenoxy) is 2. The molecule has 0 spiro atoms. The van der Waals surface area contributed by atoms with Gasteiger partial charge in [0.1, 0.15) is 0 Å². The number of rotatable bonds is 10. The zero-order chi connectivity index (χ0) is 14.7. The Morgan fingerprint density at radius 3 is 1.89 bits per heavy atom. The molecule has 0 fully saturated rings. The lowest BCUT2D eigenvalue weighted by Crippen LogP contribution is -2.39. The summed E-state index contributed by atoms with van der Waals surface area (Å²) in [6.07, 6.45) is 7.08. The highest BCUT2D eigenvalue weighted by Gasteiger charge is 2.35. The van der Waals surface area contributed by atoms with Gasteiger partial charge in [-0.3, -0.25) is 0 Å². The maximum atomic E-state index is 11.4. The number of hydrogen-bond acceptors (Lipinski definition) is 4. The van der Waals surface area contributed by atoms with Crippen LogP contribution in [0.15, 0.2) is 25.3 Å². The van der Waals surface area contributed by atoms with Crippen molar-refractivity contribution in [2.24, 2.45) is 0 Å². The predicted octanol–water partition coefficient (Wildman–Crippen LogP) is 3.52. The summed E-state index contributed by atoms with van der Waals surface area (Å²) in [7, 11) is 0. The van der Waals surface area contributed by atoms with Gasteiger partial charge in [0.25, 0.3) is 5.79 Å². The maximum absolute atomic E-state index is 11.4. The van der Waals surface area contributed by atoms with Gasteiger partial charge < -0.3 is 9.47 Å². The Labute approximate surface area is 115 Å². The van der Waals surface area contributed by atoms with Gasteiger partial charge in [0.15, 0.2) is 0 Å². The fourth-order valence-corrected chi connectivity index (χ4v) is 1.72. The zero-order valence-corrected chi connectivity index (χ0v) is 11.9. The van der Waals surface area contributed by atoms with Crippen molar-refractivity contribution in [1.29, 1.82) is 0 Å². The van der Waals surface area contributed by atoms with E-state index in [1.54, 1.807) is 0 Å². The molecule has 108 valence electrons. The van der Waals surface area contributed by atoms with E-state index in [-0.39, 0.29) is 0 Å². The molecular formula is C15H24O4. The van der Waals surface area contributed by atoms with Crippen LogP contribution in [-0.4, -0.2) is 17.7 Å². The van der Waals surface area contributed by atoms with Gasteiger partial charge in [-0.1, -0.05) is 46.3 Å². The van der Waals surface area contributed by atoms with E-state index in [1.165, 1.54) is 0 Å². The maximum Gasteiger partial charge on any atom is 0.333 e. The van der Waals surface area contributed by atoms with Crippen molar-refractivity contribution in [3.05, 3.63) is 25.3 Å². The van der Waals surface area contributed by atoms with E-state index in [9.17, 15) is 9.59 Å². The molecule has 0 rings (SSSR count). The Kier molecular flexibility index (Phi) is 8.58. The Bertz CT molecular complexity index is 298. The van der Waals surface area contributed by atoms with Crippen molar-refractivity contribution >= 4 is 11.9 Å². The van der Waals surface area contributed by atoms with Crippen LogP contribution in [0.25, 0.3) is 0 Å². The van der Waals surface area contributed by atoms with Crippen LogP contribution < -0.4 is 0 Å². The molecule has 0 aliphatic carbocycles. The number of esters is 2. The molecule has 0 atom stereocenters. The van der Waals surface area contributed by atoms with Crippen LogP contribution in [0.2, 0.25) is 0 Å². The molecule has 0 heterocycles. The highest BCUT2D eigenvalue weighted by Crippen LogP contribution is 2.26. The Morgan fingerprint density at radius 2 is 1.53 bits per heavy atom. The van der Waals surface area contributed by atoms with Gasteiger partial charge >= 0.3 is 11.9 Å². The zero-order valence-electron chi connectivity index (χ0n) is 11.9. The summed E-state index contributed by atoms with van der Waals surface area (Å²) in [5, 5.41) is 0. The van der Waals surface area contributed by atoms with Gasteiger partial charge in [0.05, 0.1) is 0 Å². The van der Waals surface area contributed by atoms with Gasteiger partial charge in [-0.15, -0.1) is 0 Å². The molecule has 0 bridgehead atoms. The third kappa shape index (κ3) is 6.79. The van der Waals surface area contributed by atoms with Crippen LogP contribution in [0.1, 0.15) is 52.4 Å². The van der Waals surface area contributed by atoms with Gasteiger partial charge in [0, 0.05) is 25.0 Å². The van der Waals surface area contributed by atoms with Crippen LogP contribution in [-0.2, 0) is 19.1 Å². The first kappa shape index (κ1) is 17.4. The molecule has 0 N–H and O–H groups in total. The van der Waals surface area contributed by atoms with Gasteiger partial charge in [-0.25, -0.2) is 9.59 Å². The third-order valence-electron chi connectivity index (χ3n) is 2.86. The first-order chi connectivity index (χ1) is 9.03. The lowest BCUT2D eigenvalue weighted by molar-refractivity contribution is -0.226. The molecule has 0 saturated heterocycles. The van der Waals surface area contributed by atoms with Crippen LogP contribution in [0.4, 0.5) is 0 Å². The first-order valence-corrected chi connectivity index (χ1v) is 6.74. The summed E-state index contributed by atoms with van der Waals surface area (Å²) < 4.78 is 10.5. The average molecular weight is 268 g/mol. The molecule has 0 aliphatic rings. The second-order valence-electron chi connectivity index (χ2n) is 4.33. The van der Waals surface area contributed by atoms with E-state index < -0.39 is 17.7 Å². The van der Waals surface area contributed by atoms with Gasteiger partial charge in [-0.2, -0.15) is 0 Å². The van der Waals surface area contributed by atoms with E-state index in [4.69, 9.17) is 9.47 Å². The lowest BCUT2D eigenvalue weighted by atomic mass is 10.0. The molecule has 19 heavy (non-hydrogen) atoms. The fraction of sp³-hybridized carbons (Fsp3) is 0.600. The van der Waals surface area contributed by atoms with Crippen LogP contribution in [0, 0.1) is 0 Å². The summed E-state index contributed by atoms with van der Waals surface area (Å²) in [5.74, 6) is -2.38. The predicted molar refractivity (Wildman–Crippen MR) is 74.4 cm³/mol. The number of carbonyl (C=O) groups excluding carboxylic acids is 2. The van der Waals surface area contributed by atoms with Crippen molar-refractivity contribution < 1.29 is 19.1 Å². The minimum atomic E-state index is -1.20. The van der Waals surface area contributed by atoms with E-state index in [0.29, 0.717) is 12.8 Å². The normalized spacial score (nSPS) is 10.6. The van der Waals surface area contributed by atoms with E-state index in [1.807, 2.05) is 6.92 Å². The molecule has 0 unspecified atom stereocenters. The quantitative estimate of drug-likeness (QED) is 0.263. The van der Waals surface area contributed by atoms with Crippen LogP contribution >= 0.6 is 0 Å². The Hall–Kier alpha value is -1.58. The minimum Gasteiger partial charge on any atom is -0.419 e. The molecule has 0 aromatic rings. The van der Waals surface area contributed by atoms with Crippen molar-refractivity contribution in [2.45, 2.75) is 58.2 Å². The van der Waals surface area contributed by atoms with Crippen molar-refractivity contribution in [3.63, 3.8) is 0 Å². The van der Waals surface area contributed by atoms with Crippen molar-refractivity contribution in [3.8, 4) is 0 Å². The van der Waals surface area contributed by atoms with E-state index in [0.717, 1.165) is 37.8 Å². The number of hydrogen-bond donors (Lipinski definition) is 0. The molecule has 0 radical (unpaired) electrons. The third-order valence-corrected chi connectivity index (χ3v) is 2.86. The topological polar surface area (TPSA) is 52.6 Å². The largest absolute Gasteiger partial charge is 0.419 e. The van der Waals surface area contributed by atoms with Gasteiger partial charge in [-0.05, 0) is 6.42 Å². The van der Waals surface area contributed by atoms with Gasteiger partial charge in [0.2, 0.25) is 0 Å². The standard InChI is InChI=1S/C15H24O4/c1-5-9-10-11-12-15(8-4,18-13(16)6-2)19-14(17)7-3/h6-7H,2-3,5,8-12H2,1,4H3. The summed E-state index contributed by atoms with van der Waals surface area (Å²) in [5.41, 5.74) is 0. The molecule has 0 amide bonds. The average Bonchev–Trinajstić information content (AvgIpc) is 2.42. The summed E-state index contributed by atoms with van der Waals surface area (Å²) in [6, 6.07) is 0. The molecular weight excluding hydrogens is 244 g/mol. The minimum absolute atomic E-state index is 0.401. The molecule has 4 heteroatoms. The van der Waals surface area contributed by atoms with Crippen molar-refractivity contribution in [1.82, 2.24) is 0 Å². The van der Waals surface area contributed by atoms with Crippen LogP contribution in [0.5, 0.6) is 0 Å². The van der Waals surface area contributed by atoms with Crippen LogP contribution in [0.3, 0.4) is 0 Å². The van der Waals surface area contributed by atoms with E-state index in [2.05, 4.69) is 20.1 Å². The molecule has 4 nitrogen and oxygen atoms in total. The van der Waals surface area contributed by atoms with E-state index >= 15 is 0 Å². The summed E-state index contributed by atoms with van der Waals surface area (Å²) >= 11 is 0. The molecule has 0 aliphatic heterocycles. The molecule has 0 saturated carbocycles. The monoisotopic (exact) mass is 268 g/mol. The molecule has 0 aromatic heterocycles. The van der Waals surface area contributed by atoms with Crippen molar-refractivity contribution in [2.75, 3.05) is 0 Å².